The lowest BCUT2D eigenvalue weighted by molar-refractivity contribution is -0.134. The van der Waals surface area contributed by atoms with Gasteiger partial charge in [0.25, 0.3) is 0 Å². The maximum atomic E-state index is 12.8. The molecule has 1 aromatic rings. The Morgan fingerprint density at radius 2 is 2.17 bits per heavy atom. The molecule has 1 atom stereocenters. The number of rotatable bonds is 5. The fraction of sp³-hybridized carbons (Fsp3) is 0.733. The summed E-state index contributed by atoms with van der Waals surface area (Å²) < 4.78 is 25.7. The summed E-state index contributed by atoms with van der Waals surface area (Å²) in [7, 11) is -1.33. The molecule has 8 heteroatoms. The molecule has 2 aliphatic rings. The van der Waals surface area contributed by atoms with Crippen LogP contribution in [0.5, 0.6) is 0 Å². The van der Waals surface area contributed by atoms with Crippen LogP contribution >= 0.6 is 0 Å². The molecule has 23 heavy (non-hydrogen) atoms. The summed E-state index contributed by atoms with van der Waals surface area (Å²) in [5.74, 6) is 0.0490. The van der Waals surface area contributed by atoms with Crippen LogP contribution in [0, 0.1) is 0 Å². The molecule has 0 aromatic carbocycles. The van der Waals surface area contributed by atoms with Gasteiger partial charge in [-0.1, -0.05) is 6.92 Å². The molecule has 2 heterocycles. The van der Waals surface area contributed by atoms with E-state index in [9.17, 15) is 13.2 Å². The number of likely N-dealkylation sites (N-methyl/N-ethyl adjacent to an activating group) is 1. The lowest BCUT2D eigenvalue weighted by Crippen LogP contribution is -2.49. The van der Waals surface area contributed by atoms with Gasteiger partial charge in [-0.15, -0.1) is 0 Å². The minimum absolute atomic E-state index is 0.0139. The third-order valence-corrected chi connectivity index (χ3v) is 6.30. The number of nitrogens with zero attached hydrogens (tertiary/aromatic N) is 4. The standard InChI is InChI=1S/C15H24N4O3S/c1-3-18(13-4-5-13)10-15(20)19-6-7-23(21,22)11-14(19)12-8-16-17(2)9-12/h8-9,13-14H,3-7,10-11H2,1-2H3/t14-/m0/s1. The van der Waals surface area contributed by atoms with Crippen LogP contribution in [0.2, 0.25) is 0 Å². The minimum atomic E-state index is -3.12. The Balaban J connectivity index is 1.78. The van der Waals surface area contributed by atoms with Gasteiger partial charge >= 0.3 is 0 Å². The molecule has 0 bridgehead atoms. The number of carbonyl (C=O) groups excluding carboxylic acids is 1. The molecule has 3 rings (SSSR count). The van der Waals surface area contributed by atoms with Gasteiger partial charge in [-0.2, -0.15) is 5.10 Å². The van der Waals surface area contributed by atoms with Crippen molar-refractivity contribution < 1.29 is 13.2 Å². The monoisotopic (exact) mass is 340 g/mol. The first kappa shape index (κ1) is 16.4. The van der Waals surface area contributed by atoms with Crippen molar-refractivity contribution in [2.45, 2.75) is 31.8 Å². The lowest BCUT2D eigenvalue weighted by Gasteiger charge is -2.36. The van der Waals surface area contributed by atoms with Crippen LogP contribution in [0.1, 0.15) is 31.4 Å². The molecular weight excluding hydrogens is 316 g/mol. The van der Waals surface area contributed by atoms with Gasteiger partial charge in [0.1, 0.15) is 0 Å². The maximum absolute atomic E-state index is 12.8. The first-order chi connectivity index (χ1) is 10.9. The van der Waals surface area contributed by atoms with Gasteiger partial charge in [-0.25, -0.2) is 8.42 Å². The van der Waals surface area contributed by atoms with E-state index in [4.69, 9.17) is 0 Å². The Morgan fingerprint density at radius 1 is 1.43 bits per heavy atom. The van der Waals surface area contributed by atoms with Crippen LogP contribution in [0.25, 0.3) is 0 Å². The summed E-state index contributed by atoms with van der Waals surface area (Å²) >= 11 is 0. The van der Waals surface area contributed by atoms with Gasteiger partial charge in [0, 0.05) is 31.4 Å². The zero-order valence-electron chi connectivity index (χ0n) is 13.7. The quantitative estimate of drug-likeness (QED) is 0.765. The molecule has 1 aliphatic carbocycles. The van der Waals surface area contributed by atoms with Crippen molar-refractivity contribution in [2.75, 3.05) is 31.1 Å². The number of hydrogen-bond donors (Lipinski definition) is 0. The van der Waals surface area contributed by atoms with Crippen molar-refractivity contribution in [3.8, 4) is 0 Å². The van der Waals surface area contributed by atoms with E-state index in [-0.39, 0.29) is 24.0 Å². The number of sulfone groups is 1. The smallest absolute Gasteiger partial charge is 0.237 e. The average Bonchev–Trinajstić information content (AvgIpc) is 3.25. The first-order valence-corrected chi connectivity index (χ1v) is 9.94. The molecule has 7 nitrogen and oxygen atoms in total. The molecule has 2 fully saturated rings. The van der Waals surface area contributed by atoms with Gasteiger partial charge < -0.3 is 4.90 Å². The Hall–Kier alpha value is -1.41. The van der Waals surface area contributed by atoms with Crippen molar-refractivity contribution >= 4 is 15.7 Å². The summed E-state index contributed by atoms with van der Waals surface area (Å²) in [5.41, 5.74) is 0.790. The topological polar surface area (TPSA) is 75.5 Å². The summed E-state index contributed by atoms with van der Waals surface area (Å²) in [6.45, 7) is 3.55. The third-order valence-electron chi connectivity index (χ3n) is 4.67. The summed E-state index contributed by atoms with van der Waals surface area (Å²) in [6.07, 6.45) is 5.76. The van der Waals surface area contributed by atoms with Crippen LogP contribution in [0.15, 0.2) is 12.4 Å². The third kappa shape index (κ3) is 3.74. The van der Waals surface area contributed by atoms with Crippen LogP contribution in [0.4, 0.5) is 0 Å². The van der Waals surface area contributed by atoms with Crippen LogP contribution in [0.3, 0.4) is 0 Å². The minimum Gasteiger partial charge on any atom is -0.332 e. The number of carbonyl (C=O) groups is 1. The highest BCUT2D eigenvalue weighted by Gasteiger charge is 2.37. The molecule has 1 saturated carbocycles. The predicted molar refractivity (Wildman–Crippen MR) is 86.6 cm³/mol. The summed E-state index contributed by atoms with van der Waals surface area (Å²) in [4.78, 5) is 16.7. The Labute approximate surface area is 137 Å². The second kappa shape index (κ2) is 6.24. The molecule has 0 N–H and O–H groups in total. The molecule has 1 aliphatic heterocycles. The van der Waals surface area contributed by atoms with E-state index < -0.39 is 15.9 Å². The highest BCUT2D eigenvalue weighted by atomic mass is 32.2. The van der Waals surface area contributed by atoms with Gasteiger partial charge in [0.05, 0.1) is 30.3 Å². The average molecular weight is 340 g/mol. The van der Waals surface area contributed by atoms with Crippen LogP contribution in [-0.2, 0) is 21.7 Å². The Bertz CT molecular complexity index is 681. The molecule has 1 amide bonds. The summed E-state index contributed by atoms with van der Waals surface area (Å²) in [6, 6.07) is 0.0992. The van der Waals surface area contributed by atoms with Crippen molar-refractivity contribution in [1.29, 1.82) is 0 Å². The fourth-order valence-electron chi connectivity index (χ4n) is 3.20. The molecule has 128 valence electrons. The maximum Gasteiger partial charge on any atom is 0.237 e. The van der Waals surface area contributed by atoms with Gasteiger partial charge in [0.2, 0.25) is 5.91 Å². The van der Waals surface area contributed by atoms with Crippen molar-refractivity contribution in [3.05, 3.63) is 18.0 Å². The molecule has 1 aromatic heterocycles. The van der Waals surface area contributed by atoms with Crippen molar-refractivity contribution in [3.63, 3.8) is 0 Å². The van der Waals surface area contributed by atoms with Gasteiger partial charge in [0.15, 0.2) is 9.84 Å². The lowest BCUT2D eigenvalue weighted by atomic mass is 10.1. The summed E-state index contributed by atoms with van der Waals surface area (Å²) in [5, 5.41) is 4.12. The normalized spacial score (nSPS) is 24.1. The van der Waals surface area contributed by atoms with Gasteiger partial charge in [-0.3, -0.25) is 14.4 Å². The first-order valence-electron chi connectivity index (χ1n) is 8.12. The molecule has 0 unspecified atom stereocenters. The fourth-order valence-corrected chi connectivity index (χ4v) is 4.69. The zero-order chi connectivity index (χ0) is 16.6. The van der Waals surface area contributed by atoms with E-state index in [1.165, 1.54) is 0 Å². The van der Waals surface area contributed by atoms with E-state index in [1.54, 1.807) is 29.0 Å². The van der Waals surface area contributed by atoms with E-state index in [1.807, 2.05) is 0 Å². The predicted octanol–water partition coefficient (Wildman–Crippen LogP) is 0.203. The van der Waals surface area contributed by atoms with Crippen molar-refractivity contribution in [2.24, 2.45) is 7.05 Å². The Morgan fingerprint density at radius 3 is 2.74 bits per heavy atom. The second-order valence-electron chi connectivity index (χ2n) is 6.46. The number of hydrogen-bond acceptors (Lipinski definition) is 5. The van der Waals surface area contributed by atoms with Crippen LogP contribution < -0.4 is 0 Å². The highest BCUT2D eigenvalue weighted by molar-refractivity contribution is 7.91. The van der Waals surface area contributed by atoms with E-state index >= 15 is 0 Å². The molecule has 1 saturated heterocycles. The Kier molecular flexibility index (Phi) is 4.46. The number of aryl methyl sites for hydroxylation is 1. The molecule has 0 spiro atoms. The highest BCUT2D eigenvalue weighted by Crippen LogP contribution is 2.29. The van der Waals surface area contributed by atoms with Gasteiger partial charge in [-0.05, 0) is 19.4 Å². The van der Waals surface area contributed by atoms with Crippen molar-refractivity contribution in [1.82, 2.24) is 19.6 Å². The van der Waals surface area contributed by atoms with Crippen LogP contribution in [-0.4, -0.2) is 71.1 Å². The number of amides is 1. The molecular formula is C15H24N4O3S. The second-order valence-corrected chi connectivity index (χ2v) is 8.69. The largest absolute Gasteiger partial charge is 0.332 e. The van der Waals surface area contributed by atoms with E-state index in [2.05, 4.69) is 16.9 Å². The van der Waals surface area contributed by atoms with E-state index in [0.717, 1.165) is 24.9 Å². The zero-order valence-corrected chi connectivity index (χ0v) is 14.5. The molecule has 0 radical (unpaired) electrons. The SMILES string of the molecule is CCN(CC(=O)N1CCS(=O)(=O)C[C@H]1c1cnn(C)c1)C1CC1. The van der Waals surface area contributed by atoms with E-state index in [0.29, 0.717) is 12.6 Å². The number of aromatic nitrogens is 2.